The molecule has 2 N–H and O–H groups in total. The summed E-state index contributed by atoms with van der Waals surface area (Å²) in [6, 6.07) is 10.7. The number of aromatic hydroxyl groups is 1. The number of anilines is 1. The minimum atomic E-state index is -0.624. The van der Waals surface area contributed by atoms with Crippen molar-refractivity contribution in [2.45, 2.75) is 26.3 Å². The van der Waals surface area contributed by atoms with Crippen molar-refractivity contribution in [2.75, 3.05) is 12.4 Å². The molecule has 138 valence electrons. The molecule has 0 bridgehead atoms. The number of carbonyl (C=O) groups excluding carboxylic acids is 1. The van der Waals surface area contributed by atoms with Crippen LogP contribution in [0.5, 0.6) is 11.5 Å². The minimum Gasteiger partial charge on any atom is -0.506 e. The highest BCUT2D eigenvalue weighted by atomic mass is 16.5. The Bertz CT molecular complexity index is 1150. The van der Waals surface area contributed by atoms with E-state index in [0.29, 0.717) is 28.8 Å². The Labute approximate surface area is 156 Å². The summed E-state index contributed by atoms with van der Waals surface area (Å²) in [4.78, 5) is 25.9. The molecule has 0 saturated carbocycles. The second-order valence-corrected chi connectivity index (χ2v) is 6.90. The molecule has 1 atom stereocenters. The van der Waals surface area contributed by atoms with Crippen LogP contribution in [0.15, 0.2) is 41.2 Å². The zero-order valence-electron chi connectivity index (χ0n) is 15.4. The number of rotatable bonds is 3. The van der Waals surface area contributed by atoms with E-state index in [1.54, 1.807) is 35.9 Å². The number of carbonyl (C=O) groups is 1. The van der Waals surface area contributed by atoms with E-state index in [4.69, 9.17) is 4.74 Å². The number of aryl methyl sites for hydroxylation is 1. The lowest BCUT2D eigenvalue weighted by Crippen LogP contribution is -2.30. The maximum atomic E-state index is 13.0. The van der Waals surface area contributed by atoms with Crippen LogP contribution in [0.1, 0.15) is 34.5 Å². The molecule has 1 aromatic heterocycles. The van der Waals surface area contributed by atoms with E-state index in [-0.39, 0.29) is 17.4 Å². The number of amides is 1. The van der Waals surface area contributed by atoms with Gasteiger partial charge in [-0.2, -0.15) is 0 Å². The smallest absolute Gasteiger partial charge is 0.268 e. The number of benzene rings is 2. The molecular formula is C21H20N2O4. The molecule has 6 nitrogen and oxygen atoms in total. The number of hydrogen-bond acceptors (Lipinski definition) is 4. The van der Waals surface area contributed by atoms with Crippen molar-refractivity contribution in [1.82, 2.24) is 4.57 Å². The molecule has 4 rings (SSSR count). The van der Waals surface area contributed by atoms with E-state index < -0.39 is 11.5 Å². The summed E-state index contributed by atoms with van der Waals surface area (Å²) in [5.41, 5.74) is 2.37. The lowest BCUT2D eigenvalue weighted by molar-refractivity contribution is 0.102. The van der Waals surface area contributed by atoms with Crippen LogP contribution < -0.4 is 15.6 Å². The third-order valence-corrected chi connectivity index (χ3v) is 5.15. The standard InChI is InChI=1S/C21H20N2O4/c1-11-9-14(27-3)7-8-16(11)22-20(25)17-19(24)15-6-4-5-13-10-12(2)23(18(13)15)21(17)26/h4-9,12,24H,10H2,1-3H3,(H,22,25)/t12-/m0/s1. The Morgan fingerprint density at radius 2 is 2.07 bits per heavy atom. The molecule has 0 radical (unpaired) electrons. The summed E-state index contributed by atoms with van der Waals surface area (Å²) in [6.45, 7) is 3.77. The Hall–Kier alpha value is -3.28. The molecule has 1 aliphatic heterocycles. The summed E-state index contributed by atoms with van der Waals surface area (Å²) < 4.78 is 6.78. The van der Waals surface area contributed by atoms with E-state index >= 15 is 0 Å². The molecule has 2 heterocycles. The molecule has 0 fully saturated rings. The predicted octanol–water partition coefficient (Wildman–Crippen LogP) is 3.39. The van der Waals surface area contributed by atoms with Gasteiger partial charge in [0.2, 0.25) is 0 Å². The van der Waals surface area contributed by atoms with Crippen molar-refractivity contribution >= 4 is 22.5 Å². The van der Waals surface area contributed by atoms with Gasteiger partial charge in [0.15, 0.2) is 0 Å². The first-order valence-electron chi connectivity index (χ1n) is 8.77. The lowest BCUT2D eigenvalue weighted by atomic mass is 10.1. The minimum absolute atomic E-state index is 0.0627. The lowest BCUT2D eigenvalue weighted by Gasteiger charge is -2.15. The molecule has 6 heteroatoms. The fraction of sp³-hybridized carbons (Fsp3) is 0.238. The highest BCUT2D eigenvalue weighted by Gasteiger charge is 2.29. The highest BCUT2D eigenvalue weighted by molar-refractivity contribution is 6.09. The maximum absolute atomic E-state index is 13.0. The summed E-state index contributed by atoms with van der Waals surface area (Å²) in [7, 11) is 1.57. The first kappa shape index (κ1) is 17.1. The van der Waals surface area contributed by atoms with Crippen LogP contribution in [-0.2, 0) is 6.42 Å². The van der Waals surface area contributed by atoms with E-state index in [1.165, 1.54) is 0 Å². The summed E-state index contributed by atoms with van der Waals surface area (Å²) in [5.74, 6) is -0.222. The fourth-order valence-electron chi connectivity index (χ4n) is 3.81. The van der Waals surface area contributed by atoms with Crippen molar-refractivity contribution in [3.8, 4) is 11.5 Å². The molecule has 0 unspecified atom stereocenters. The third kappa shape index (κ3) is 2.56. The first-order chi connectivity index (χ1) is 12.9. The molecule has 0 spiro atoms. The quantitative estimate of drug-likeness (QED) is 0.746. The van der Waals surface area contributed by atoms with Crippen molar-refractivity contribution in [3.63, 3.8) is 0 Å². The average molecular weight is 364 g/mol. The van der Waals surface area contributed by atoms with Crippen LogP contribution in [0.4, 0.5) is 5.69 Å². The van der Waals surface area contributed by atoms with Gasteiger partial charge in [0.05, 0.1) is 12.6 Å². The van der Waals surface area contributed by atoms with Gasteiger partial charge in [0.25, 0.3) is 11.5 Å². The Morgan fingerprint density at radius 1 is 1.30 bits per heavy atom. The van der Waals surface area contributed by atoms with Crippen LogP contribution in [0.25, 0.3) is 10.9 Å². The molecule has 27 heavy (non-hydrogen) atoms. The second kappa shape index (κ2) is 6.16. The van der Waals surface area contributed by atoms with Gasteiger partial charge in [-0.15, -0.1) is 0 Å². The number of methoxy groups -OCH3 is 1. The van der Waals surface area contributed by atoms with Gasteiger partial charge in [-0.25, -0.2) is 0 Å². The van der Waals surface area contributed by atoms with Gasteiger partial charge in [0, 0.05) is 17.1 Å². The summed E-state index contributed by atoms with van der Waals surface area (Å²) in [6.07, 6.45) is 0.703. The normalized spacial score (nSPS) is 15.1. The third-order valence-electron chi connectivity index (χ3n) is 5.15. The number of aromatic nitrogens is 1. The second-order valence-electron chi connectivity index (χ2n) is 6.90. The Kier molecular flexibility index (Phi) is 3.91. The van der Waals surface area contributed by atoms with Gasteiger partial charge in [-0.05, 0) is 55.7 Å². The number of nitrogens with zero attached hydrogens (tertiary/aromatic N) is 1. The average Bonchev–Trinajstić information content (AvgIpc) is 2.98. The van der Waals surface area contributed by atoms with Crippen LogP contribution in [0.3, 0.4) is 0 Å². The zero-order chi connectivity index (χ0) is 19.3. The molecule has 1 aliphatic rings. The largest absolute Gasteiger partial charge is 0.506 e. The van der Waals surface area contributed by atoms with Crippen molar-refractivity contribution in [3.05, 3.63) is 63.4 Å². The number of nitrogens with one attached hydrogen (secondary N) is 1. The Morgan fingerprint density at radius 3 is 2.78 bits per heavy atom. The van der Waals surface area contributed by atoms with Crippen LogP contribution in [0.2, 0.25) is 0 Å². The van der Waals surface area contributed by atoms with Crippen LogP contribution >= 0.6 is 0 Å². The number of para-hydroxylation sites is 1. The van der Waals surface area contributed by atoms with Gasteiger partial charge in [-0.3, -0.25) is 9.59 Å². The zero-order valence-corrected chi connectivity index (χ0v) is 15.4. The predicted molar refractivity (Wildman–Crippen MR) is 104 cm³/mol. The van der Waals surface area contributed by atoms with E-state index in [0.717, 1.165) is 11.1 Å². The molecular weight excluding hydrogens is 344 g/mol. The molecule has 3 aromatic rings. The van der Waals surface area contributed by atoms with E-state index in [9.17, 15) is 14.7 Å². The van der Waals surface area contributed by atoms with Gasteiger partial charge in [-0.1, -0.05) is 12.1 Å². The monoisotopic (exact) mass is 364 g/mol. The number of hydrogen-bond donors (Lipinski definition) is 2. The maximum Gasteiger partial charge on any atom is 0.268 e. The number of ether oxygens (including phenoxy) is 1. The molecule has 1 amide bonds. The number of pyridine rings is 1. The van der Waals surface area contributed by atoms with Gasteiger partial charge >= 0.3 is 0 Å². The van der Waals surface area contributed by atoms with Crippen molar-refractivity contribution in [1.29, 1.82) is 0 Å². The van der Waals surface area contributed by atoms with E-state index in [1.807, 2.05) is 26.0 Å². The molecule has 0 saturated heterocycles. The summed E-state index contributed by atoms with van der Waals surface area (Å²) in [5, 5.41) is 14.0. The van der Waals surface area contributed by atoms with Crippen LogP contribution in [-0.4, -0.2) is 22.7 Å². The topological polar surface area (TPSA) is 80.6 Å². The first-order valence-corrected chi connectivity index (χ1v) is 8.77. The van der Waals surface area contributed by atoms with E-state index in [2.05, 4.69) is 5.32 Å². The van der Waals surface area contributed by atoms with Crippen molar-refractivity contribution in [2.24, 2.45) is 0 Å². The molecule has 0 aliphatic carbocycles. The SMILES string of the molecule is COc1ccc(NC(=O)c2c(O)c3cccc4c3n(c2=O)[C@@H](C)C4)c(C)c1. The van der Waals surface area contributed by atoms with Gasteiger partial charge < -0.3 is 19.7 Å². The molecule has 2 aromatic carbocycles. The van der Waals surface area contributed by atoms with Crippen molar-refractivity contribution < 1.29 is 14.6 Å². The van der Waals surface area contributed by atoms with Gasteiger partial charge in [0.1, 0.15) is 17.1 Å². The fourth-order valence-corrected chi connectivity index (χ4v) is 3.81. The Balaban J connectivity index is 1.83. The highest BCUT2D eigenvalue weighted by Crippen LogP contribution is 2.36. The van der Waals surface area contributed by atoms with Crippen LogP contribution in [0, 0.1) is 6.92 Å². The summed E-state index contributed by atoms with van der Waals surface area (Å²) >= 11 is 0.